The SMILES string of the molecule is CN(CC(=O)Nc1ccc(Cl)cc1)C(=O)COc1ccc2ccccc2c1. The number of fused-ring (bicyclic) bond motifs is 1. The van der Waals surface area contributed by atoms with Crippen molar-refractivity contribution < 1.29 is 14.3 Å². The lowest BCUT2D eigenvalue weighted by Crippen LogP contribution is -2.37. The van der Waals surface area contributed by atoms with Gasteiger partial charge in [-0.1, -0.05) is 41.9 Å². The molecule has 3 aromatic rings. The minimum absolute atomic E-state index is 0.0669. The Morgan fingerprint density at radius 1 is 1.00 bits per heavy atom. The molecule has 0 saturated carbocycles. The van der Waals surface area contributed by atoms with Gasteiger partial charge in [-0.2, -0.15) is 0 Å². The van der Waals surface area contributed by atoms with Crippen LogP contribution in [0.15, 0.2) is 66.7 Å². The lowest BCUT2D eigenvalue weighted by molar-refractivity contribution is -0.135. The first-order valence-electron chi connectivity index (χ1n) is 8.42. The molecular weight excluding hydrogens is 364 g/mol. The summed E-state index contributed by atoms with van der Waals surface area (Å²) >= 11 is 5.81. The van der Waals surface area contributed by atoms with E-state index < -0.39 is 0 Å². The van der Waals surface area contributed by atoms with E-state index in [2.05, 4.69) is 5.32 Å². The largest absolute Gasteiger partial charge is 0.484 e. The first-order valence-corrected chi connectivity index (χ1v) is 8.80. The van der Waals surface area contributed by atoms with Crippen molar-refractivity contribution in [2.45, 2.75) is 0 Å². The number of benzene rings is 3. The third-order valence-corrected chi connectivity index (χ3v) is 4.27. The predicted octanol–water partition coefficient (Wildman–Crippen LogP) is 3.97. The number of nitrogens with one attached hydrogen (secondary N) is 1. The number of ether oxygens (including phenoxy) is 1. The first kappa shape index (κ1) is 18.7. The van der Waals surface area contributed by atoms with Crippen molar-refractivity contribution >= 4 is 39.9 Å². The van der Waals surface area contributed by atoms with E-state index >= 15 is 0 Å². The molecule has 0 aromatic heterocycles. The normalized spacial score (nSPS) is 10.4. The van der Waals surface area contributed by atoms with Gasteiger partial charge in [0.05, 0.1) is 6.54 Å². The van der Waals surface area contributed by atoms with Crippen LogP contribution in [0, 0.1) is 0 Å². The Kier molecular flexibility index (Phi) is 5.94. The van der Waals surface area contributed by atoms with E-state index in [0.717, 1.165) is 10.8 Å². The van der Waals surface area contributed by atoms with Gasteiger partial charge >= 0.3 is 0 Å². The molecule has 3 aromatic carbocycles. The number of hydrogen-bond donors (Lipinski definition) is 1. The summed E-state index contributed by atoms with van der Waals surface area (Å²) in [6.07, 6.45) is 0. The minimum Gasteiger partial charge on any atom is -0.484 e. The van der Waals surface area contributed by atoms with Gasteiger partial charge in [0.15, 0.2) is 6.61 Å². The summed E-state index contributed by atoms with van der Waals surface area (Å²) in [7, 11) is 1.56. The number of nitrogens with zero attached hydrogens (tertiary/aromatic N) is 1. The van der Waals surface area contributed by atoms with Crippen LogP contribution in [-0.4, -0.2) is 36.9 Å². The maximum atomic E-state index is 12.2. The Hall–Kier alpha value is -3.05. The highest BCUT2D eigenvalue weighted by atomic mass is 35.5. The van der Waals surface area contributed by atoms with Gasteiger partial charge in [-0.25, -0.2) is 0 Å². The lowest BCUT2D eigenvalue weighted by Gasteiger charge is -2.17. The molecule has 0 aliphatic carbocycles. The van der Waals surface area contributed by atoms with E-state index in [4.69, 9.17) is 16.3 Å². The molecule has 27 heavy (non-hydrogen) atoms. The quantitative estimate of drug-likeness (QED) is 0.701. The van der Waals surface area contributed by atoms with E-state index in [0.29, 0.717) is 16.5 Å². The summed E-state index contributed by atoms with van der Waals surface area (Å²) in [5.41, 5.74) is 0.623. The van der Waals surface area contributed by atoms with Crippen LogP contribution < -0.4 is 10.1 Å². The fourth-order valence-corrected chi connectivity index (χ4v) is 2.68. The van der Waals surface area contributed by atoms with Crippen molar-refractivity contribution in [3.63, 3.8) is 0 Å². The molecule has 0 aliphatic heterocycles. The molecule has 0 fully saturated rings. The maximum absolute atomic E-state index is 12.2. The van der Waals surface area contributed by atoms with E-state index in [1.54, 1.807) is 31.3 Å². The molecule has 5 nitrogen and oxygen atoms in total. The third-order valence-electron chi connectivity index (χ3n) is 4.02. The Labute approximate surface area is 162 Å². The van der Waals surface area contributed by atoms with Gasteiger partial charge in [-0.05, 0) is 47.2 Å². The number of hydrogen-bond acceptors (Lipinski definition) is 3. The minimum atomic E-state index is -0.293. The molecule has 0 aliphatic rings. The Morgan fingerprint density at radius 2 is 1.70 bits per heavy atom. The zero-order chi connectivity index (χ0) is 19.2. The zero-order valence-electron chi connectivity index (χ0n) is 14.8. The Balaban J connectivity index is 1.50. The van der Waals surface area contributed by atoms with Crippen LogP contribution in [0.3, 0.4) is 0 Å². The number of amides is 2. The number of halogens is 1. The maximum Gasteiger partial charge on any atom is 0.260 e. The number of likely N-dealkylation sites (N-methyl/N-ethyl adjacent to an activating group) is 1. The molecule has 0 heterocycles. The third kappa shape index (κ3) is 5.21. The molecule has 0 radical (unpaired) electrons. The smallest absolute Gasteiger partial charge is 0.260 e. The van der Waals surface area contributed by atoms with Gasteiger partial charge in [0, 0.05) is 17.8 Å². The van der Waals surface area contributed by atoms with Crippen LogP contribution in [0.25, 0.3) is 10.8 Å². The lowest BCUT2D eigenvalue weighted by atomic mass is 10.1. The molecule has 2 amide bonds. The molecule has 0 unspecified atom stereocenters. The summed E-state index contributed by atoms with van der Waals surface area (Å²) in [6, 6.07) is 20.3. The predicted molar refractivity (Wildman–Crippen MR) is 107 cm³/mol. The van der Waals surface area contributed by atoms with Crippen LogP contribution >= 0.6 is 11.6 Å². The van der Waals surface area contributed by atoms with Gasteiger partial charge in [0.25, 0.3) is 5.91 Å². The van der Waals surface area contributed by atoms with Crippen LogP contribution in [0.1, 0.15) is 0 Å². The molecular formula is C21H19ClN2O3. The fourth-order valence-electron chi connectivity index (χ4n) is 2.55. The van der Waals surface area contributed by atoms with Gasteiger partial charge in [-0.3, -0.25) is 9.59 Å². The number of anilines is 1. The molecule has 3 rings (SSSR count). The molecule has 0 bridgehead atoms. The van der Waals surface area contributed by atoms with Crippen LogP contribution in [-0.2, 0) is 9.59 Å². The monoisotopic (exact) mass is 382 g/mol. The highest BCUT2D eigenvalue weighted by Gasteiger charge is 2.14. The second kappa shape index (κ2) is 8.56. The number of carbonyl (C=O) groups is 2. The van der Waals surface area contributed by atoms with Gasteiger partial charge in [0.1, 0.15) is 5.75 Å². The van der Waals surface area contributed by atoms with Crippen molar-refractivity contribution in [1.29, 1.82) is 0 Å². The van der Waals surface area contributed by atoms with Crippen LogP contribution in [0.2, 0.25) is 5.02 Å². The fraction of sp³-hybridized carbons (Fsp3) is 0.143. The average molecular weight is 383 g/mol. The highest BCUT2D eigenvalue weighted by Crippen LogP contribution is 2.20. The molecule has 0 saturated heterocycles. The molecule has 6 heteroatoms. The highest BCUT2D eigenvalue weighted by molar-refractivity contribution is 6.30. The molecule has 138 valence electrons. The molecule has 0 atom stereocenters. The van der Waals surface area contributed by atoms with E-state index in [9.17, 15) is 9.59 Å². The van der Waals surface area contributed by atoms with Crippen molar-refractivity contribution in [2.75, 3.05) is 25.5 Å². The standard InChI is InChI=1S/C21H19ClN2O3/c1-24(13-20(25)23-18-9-7-17(22)8-10-18)21(26)14-27-19-11-6-15-4-2-3-5-16(15)12-19/h2-12H,13-14H2,1H3,(H,23,25). The second-order valence-electron chi connectivity index (χ2n) is 6.10. The van der Waals surface area contributed by atoms with Crippen molar-refractivity contribution in [3.8, 4) is 5.75 Å². The summed E-state index contributed by atoms with van der Waals surface area (Å²) in [5.74, 6) is 0.0364. The topological polar surface area (TPSA) is 58.6 Å². The van der Waals surface area contributed by atoms with Gasteiger partial charge in [0.2, 0.25) is 5.91 Å². The first-order chi connectivity index (χ1) is 13.0. The number of carbonyl (C=O) groups excluding carboxylic acids is 2. The van der Waals surface area contributed by atoms with E-state index in [-0.39, 0.29) is 25.0 Å². The van der Waals surface area contributed by atoms with Gasteiger partial charge in [-0.15, -0.1) is 0 Å². The van der Waals surface area contributed by atoms with Crippen LogP contribution in [0.5, 0.6) is 5.75 Å². The van der Waals surface area contributed by atoms with Crippen LogP contribution in [0.4, 0.5) is 5.69 Å². The molecule has 1 N–H and O–H groups in total. The number of rotatable bonds is 6. The Bertz CT molecular complexity index is 957. The summed E-state index contributed by atoms with van der Waals surface area (Å²) in [6.45, 7) is -0.203. The van der Waals surface area contributed by atoms with E-state index in [1.165, 1.54) is 4.90 Å². The van der Waals surface area contributed by atoms with E-state index in [1.807, 2.05) is 42.5 Å². The van der Waals surface area contributed by atoms with Crippen molar-refractivity contribution in [2.24, 2.45) is 0 Å². The average Bonchev–Trinajstić information content (AvgIpc) is 2.67. The zero-order valence-corrected chi connectivity index (χ0v) is 15.6. The van der Waals surface area contributed by atoms with Gasteiger partial charge < -0.3 is 15.0 Å². The Morgan fingerprint density at radius 3 is 2.44 bits per heavy atom. The molecule has 0 spiro atoms. The summed E-state index contributed by atoms with van der Waals surface area (Å²) in [4.78, 5) is 25.6. The van der Waals surface area contributed by atoms with Crippen molar-refractivity contribution in [3.05, 3.63) is 71.8 Å². The summed E-state index contributed by atoms with van der Waals surface area (Å²) in [5, 5.41) is 5.45. The summed E-state index contributed by atoms with van der Waals surface area (Å²) < 4.78 is 5.57. The van der Waals surface area contributed by atoms with Crippen molar-refractivity contribution in [1.82, 2.24) is 4.90 Å². The second-order valence-corrected chi connectivity index (χ2v) is 6.54.